The first-order valence-electron chi connectivity index (χ1n) is 18.4. The van der Waals surface area contributed by atoms with Gasteiger partial charge >= 0.3 is 6.09 Å². The van der Waals surface area contributed by atoms with Crippen molar-refractivity contribution < 1.29 is 43.5 Å². The number of ether oxygens (including phenoxy) is 1. The smallest absolute Gasteiger partial charge is 0.407 e. The molecule has 0 heterocycles. The van der Waals surface area contributed by atoms with Gasteiger partial charge in [-0.2, -0.15) is 5.06 Å². The maximum atomic E-state index is 12.1. The Balaban J connectivity index is 0. The van der Waals surface area contributed by atoms with Gasteiger partial charge < -0.3 is 30.1 Å². The van der Waals surface area contributed by atoms with E-state index >= 15 is 0 Å². The monoisotopic (exact) mass is 746 g/mol. The van der Waals surface area contributed by atoms with E-state index in [1.165, 1.54) is 5.56 Å². The second-order valence-corrected chi connectivity index (χ2v) is 12.8. The van der Waals surface area contributed by atoms with Crippen molar-refractivity contribution in [1.29, 1.82) is 0 Å². The summed E-state index contributed by atoms with van der Waals surface area (Å²) < 4.78 is 5.18. The quantitative estimate of drug-likeness (QED) is 0.0627. The molecule has 300 valence electrons. The Hall–Kier alpha value is -4.17. The number of nitrogens with zero attached hydrogens (tertiary/aromatic N) is 2. The van der Waals surface area contributed by atoms with Crippen LogP contribution in [0.1, 0.15) is 103 Å². The number of benzene rings is 2. The Morgan fingerprint density at radius 2 is 1.25 bits per heavy atom. The van der Waals surface area contributed by atoms with Crippen molar-refractivity contribution in [2.75, 3.05) is 40.3 Å². The van der Waals surface area contributed by atoms with Crippen LogP contribution in [0.25, 0.3) is 0 Å². The van der Waals surface area contributed by atoms with Gasteiger partial charge in [0.2, 0.25) is 5.91 Å². The fourth-order valence-corrected chi connectivity index (χ4v) is 4.16. The number of nitrogens with one attached hydrogen (secondary N) is 2. The zero-order valence-electron chi connectivity index (χ0n) is 32.9. The van der Waals surface area contributed by atoms with Crippen LogP contribution in [0.3, 0.4) is 0 Å². The predicted molar refractivity (Wildman–Crippen MR) is 208 cm³/mol. The summed E-state index contributed by atoms with van der Waals surface area (Å²) in [5.74, 6) is 0.0852. The molecule has 0 aliphatic heterocycles. The Bertz CT molecular complexity index is 1160. The normalized spacial score (nSPS) is 10.2. The van der Waals surface area contributed by atoms with E-state index in [9.17, 15) is 19.2 Å². The molecule has 0 radical (unpaired) electrons. The molecule has 3 N–H and O–H groups in total. The number of unbranched alkanes of at least 4 members (excludes halogenated alkanes) is 5. The Morgan fingerprint density at radius 1 is 0.755 bits per heavy atom. The second kappa shape index (κ2) is 36.2. The molecule has 53 heavy (non-hydrogen) atoms. The van der Waals surface area contributed by atoms with Crippen molar-refractivity contribution in [3.8, 4) is 0 Å². The average Bonchev–Trinajstić information content (AvgIpc) is 3.13. The third kappa shape index (κ3) is 36.0. The van der Waals surface area contributed by atoms with Crippen LogP contribution in [0.2, 0.25) is 0 Å². The molecule has 13 nitrogen and oxygen atoms in total. The van der Waals surface area contributed by atoms with Crippen LogP contribution < -0.4 is 10.6 Å². The first kappa shape index (κ1) is 50.9. The Labute approximate surface area is 317 Å². The van der Waals surface area contributed by atoms with Gasteiger partial charge in [0.15, 0.2) is 0 Å². The highest BCUT2D eigenvalue weighted by molar-refractivity contribution is 5.74. The van der Waals surface area contributed by atoms with Gasteiger partial charge in [-0.15, -0.1) is 0 Å². The van der Waals surface area contributed by atoms with Gasteiger partial charge in [-0.05, 0) is 77.6 Å². The lowest BCUT2D eigenvalue weighted by atomic mass is 10.2. The molecule has 0 saturated carbocycles. The number of carbonyl (C=O) groups is 5. The van der Waals surface area contributed by atoms with E-state index in [-0.39, 0.29) is 18.5 Å². The van der Waals surface area contributed by atoms with E-state index < -0.39 is 5.60 Å². The summed E-state index contributed by atoms with van der Waals surface area (Å²) in [6.07, 6.45) is 9.45. The number of hydrogen-bond donors (Lipinski definition) is 3. The first-order valence-corrected chi connectivity index (χ1v) is 18.4. The van der Waals surface area contributed by atoms with Crippen LogP contribution >= 0.6 is 0 Å². The van der Waals surface area contributed by atoms with Crippen molar-refractivity contribution in [3.63, 3.8) is 0 Å². The van der Waals surface area contributed by atoms with Gasteiger partial charge in [0, 0.05) is 45.9 Å². The molecule has 2 aromatic carbocycles. The largest absolute Gasteiger partial charge is 0.483 e. The van der Waals surface area contributed by atoms with Crippen LogP contribution in [0, 0.1) is 0 Å². The highest BCUT2D eigenvalue weighted by Crippen LogP contribution is 2.09. The molecule has 0 spiro atoms. The highest BCUT2D eigenvalue weighted by atomic mass is 16.7. The SMILES string of the molecule is CCCC(=O)N(CCCCCNC)OCc1ccccc1.CN(CCCCCNC(=O)OC(C)(C)C)OCc1ccccc1.O=CCCC=O.O=CO. The zero-order valence-corrected chi connectivity index (χ0v) is 32.9. The average molecular weight is 747 g/mol. The van der Waals surface area contributed by atoms with Crippen LogP contribution in [-0.2, 0) is 46.8 Å². The van der Waals surface area contributed by atoms with Crippen molar-refractivity contribution in [3.05, 3.63) is 71.8 Å². The molecule has 0 unspecified atom stereocenters. The van der Waals surface area contributed by atoms with Crippen LogP contribution in [-0.4, -0.2) is 92.2 Å². The van der Waals surface area contributed by atoms with Crippen molar-refractivity contribution in [2.45, 2.75) is 111 Å². The third-order valence-corrected chi connectivity index (χ3v) is 6.77. The molecule has 2 aromatic rings. The molecule has 2 rings (SSSR count). The summed E-state index contributed by atoms with van der Waals surface area (Å²) in [4.78, 5) is 62.1. The summed E-state index contributed by atoms with van der Waals surface area (Å²) in [6, 6.07) is 20.1. The molecule has 0 aliphatic rings. The zero-order chi connectivity index (χ0) is 40.0. The maximum absolute atomic E-state index is 12.1. The lowest BCUT2D eigenvalue weighted by Gasteiger charge is -2.22. The second-order valence-electron chi connectivity index (χ2n) is 12.8. The topological polar surface area (TPSA) is 164 Å². The highest BCUT2D eigenvalue weighted by Gasteiger charge is 2.15. The standard InChI is InChI=1S/C18H30N2O3.C17H28N2O2.C4H6O2.CH2O2/c1-18(2,3)23-17(21)19-13-9-6-10-14-20(4)22-15-16-11-7-5-8-12-16;1-3-10-17(20)19(14-9-5-8-13-18-2)21-15-16-11-6-4-7-12-16;5-3-1-2-4-6;2-1-3/h5,7-8,11-12H,6,9-10,13-15H2,1-4H3,(H,19,21);4,6-7,11-12,18H,3,5,8-10,13-15H2,1-2H3;3-4H,1-2H2;1H,(H,2,3). The van der Waals surface area contributed by atoms with Crippen LogP contribution in [0.5, 0.6) is 0 Å². The number of carbonyl (C=O) groups excluding carboxylic acids is 4. The predicted octanol–water partition coefficient (Wildman–Crippen LogP) is 6.75. The Kier molecular flexibility index (Phi) is 34.8. The summed E-state index contributed by atoms with van der Waals surface area (Å²) in [7, 11) is 3.90. The molecule has 0 aromatic heterocycles. The van der Waals surface area contributed by atoms with Crippen LogP contribution in [0.4, 0.5) is 4.79 Å². The summed E-state index contributed by atoms with van der Waals surface area (Å²) in [5.41, 5.74) is 1.81. The van der Waals surface area contributed by atoms with E-state index in [0.29, 0.717) is 45.6 Å². The van der Waals surface area contributed by atoms with E-state index in [0.717, 1.165) is 76.2 Å². The van der Waals surface area contributed by atoms with Gasteiger partial charge in [0.1, 0.15) is 24.8 Å². The van der Waals surface area contributed by atoms with Crippen molar-refractivity contribution >= 4 is 31.0 Å². The number of hydroxylamine groups is 4. The minimum Gasteiger partial charge on any atom is -0.483 e. The maximum Gasteiger partial charge on any atom is 0.407 e. The molecule has 0 fully saturated rings. The summed E-state index contributed by atoms with van der Waals surface area (Å²) in [5, 5.41) is 16.2. The molecular weight excluding hydrogens is 680 g/mol. The molecule has 0 bridgehead atoms. The van der Waals surface area contributed by atoms with E-state index in [4.69, 9.17) is 24.3 Å². The van der Waals surface area contributed by atoms with Crippen molar-refractivity contribution in [1.82, 2.24) is 20.8 Å². The fraction of sp³-hybridized carbons (Fsp3) is 0.575. The molecule has 0 saturated heterocycles. The van der Waals surface area contributed by atoms with Gasteiger partial charge in [0.25, 0.3) is 6.47 Å². The number of hydrogen-bond acceptors (Lipinski definition) is 10. The number of alkyl carbamates (subject to hydrolysis) is 1. The molecule has 0 atom stereocenters. The Morgan fingerprint density at radius 3 is 1.72 bits per heavy atom. The number of aldehydes is 2. The number of rotatable bonds is 23. The van der Waals surface area contributed by atoms with Gasteiger partial charge in [-0.25, -0.2) is 9.86 Å². The minimum absolute atomic E-state index is 0.0852. The minimum atomic E-state index is -0.442. The van der Waals surface area contributed by atoms with Crippen LogP contribution in [0.15, 0.2) is 60.7 Å². The lowest BCUT2D eigenvalue weighted by Crippen LogP contribution is -2.33. The number of amides is 2. The molecular formula is C40H66N4O9. The first-order chi connectivity index (χ1) is 25.5. The van der Waals surface area contributed by atoms with E-state index in [2.05, 4.69) is 22.8 Å². The van der Waals surface area contributed by atoms with E-state index in [1.807, 2.05) is 95.4 Å². The summed E-state index contributed by atoms with van der Waals surface area (Å²) in [6.45, 7) is 11.6. The number of carboxylic acid groups (broad SMARTS) is 1. The van der Waals surface area contributed by atoms with Crippen molar-refractivity contribution in [2.24, 2.45) is 0 Å². The van der Waals surface area contributed by atoms with Gasteiger partial charge in [-0.3, -0.25) is 19.3 Å². The van der Waals surface area contributed by atoms with Gasteiger partial charge in [-0.1, -0.05) is 80.4 Å². The van der Waals surface area contributed by atoms with E-state index in [1.54, 1.807) is 5.06 Å². The van der Waals surface area contributed by atoms with Gasteiger partial charge in [0.05, 0.1) is 6.61 Å². The third-order valence-electron chi connectivity index (χ3n) is 6.77. The molecule has 0 aliphatic carbocycles. The lowest BCUT2D eigenvalue weighted by molar-refractivity contribution is -0.192. The summed E-state index contributed by atoms with van der Waals surface area (Å²) >= 11 is 0. The fourth-order valence-electron chi connectivity index (χ4n) is 4.16. The molecule has 2 amide bonds. The molecule has 13 heteroatoms.